The lowest BCUT2D eigenvalue weighted by molar-refractivity contribution is -0.230. The van der Waals surface area contributed by atoms with Gasteiger partial charge in [0.25, 0.3) is 0 Å². The van der Waals surface area contributed by atoms with Crippen molar-refractivity contribution in [3.8, 4) is 0 Å². The van der Waals surface area contributed by atoms with E-state index in [0.29, 0.717) is 0 Å². The first-order valence-electron chi connectivity index (χ1n) is 4.60. The Morgan fingerprint density at radius 3 is 2.58 bits per heavy atom. The predicted molar refractivity (Wildman–Crippen MR) is 50.4 cm³/mol. The smallest absolute Gasteiger partial charge is 0.160 e. The summed E-state index contributed by atoms with van der Waals surface area (Å²) in [6, 6.07) is 0. The molecule has 0 aromatic carbocycles. The first kappa shape index (κ1) is 10.1. The number of rotatable bonds is 0. The summed E-state index contributed by atoms with van der Waals surface area (Å²) in [5.74, 6) is -1.02. The molecule has 1 radical (unpaired) electrons. The lowest BCUT2D eigenvalue weighted by Crippen LogP contribution is -2.42. The van der Waals surface area contributed by atoms with Crippen LogP contribution in [0.4, 0.5) is 0 Å². The Balaban J connectivity index is 2.78. The Morgan fingerprint density at radius 1 is 1.42 bits per heavy atom. The van der Waals surface area contributed by atoms with Crippen LogP contribution in [0.5, 0.6) is 0 Å². The van der Waals surface area contributed by atoms with Crippen LogP contribution >= 0.6 is 0 Å². The van der Waals surface area contributed by atoms with Crippen LogP contribution in [0.1, 0.15) is 34.1 Å². The Bertz CT molecular complexity index is 166. The molecule has 2 nitrogen and oxygen atoms in total. The van der Waals surface area contributed by atoms with Crippen LogP contribution in [0.15, 0.2) is 0 Å². The summed E-state index contributed by atoms with van der Waals surface area (Å²) in [7, 11) is 2.15. The fraction of sp³-hybridized carbons (Fsp3) is 1.00. The van der Waals surface area contributed by atoms with E-state index < -0.39 is 5.79 Å². The van der Waals surface area contributed by atoms with Crippen LogP contribution in [0.2, 0.25) is 11.6 Å². The van der Waals surface area contributed by atoms with Crippen molar-refractivity contribution >= 4 is 7.28 Å². The minimum Gasteiger partial charge on any atom is -0.366 e. The molecule has 1 N–H and O–H groups in total. The largest absolute Gasteiger partial charge is 0.366 e. The van der Waals surface area contributed by atoms with Crippen molar-refractivity contribution in [3.63, 3.8) is 0 Å². The molecule has 0 aromatic heterocycles. The number of aliphatic hydroxyl groups is 1. The van der Waals surface area contributed by atoms with Crippen LogP contribution in [0, 0.1) is 0 Å². The molecule has 0 saturated carbocycles. The quantitative estimate of drug-likeness (QED) is 0.560. The van der Waals surface area contributed by atoms with Crippen molar-refractivity contribution < 1.29 is 9.84 Å². The lowest BCUT2D eigenvalue weighted by atomic mass is 9.49. The molecule has 1 rings (SSSR count). The van der Waals surface area contributed by atoms with Gasteiger partial charge in [-0.3, -0.25) is 0 Å². The van der Waals surface area contributed by atoms with Crippen LogP contribution < -0.4 is 0 Å². The van der Waals surface area contributed by atoms with Crippen molar-refractivity contribution in [2.24, 2.45) is 0 Å². The first-order valence-corrected chi connectivity index (χ1v) is 4.60. The Kier molecular flexibility index (Phi) is 2.55. The third kappa shape index (κ3) is 1.83. The highest BCUT2D eigenvalue weighted by atomic mass is 16.6. The minimum absolute atomic E-state index is 0.151. The Labute approximate surface area is 75.5 Å². The van der Waals surface area contributed by atoms with Gasteiger partial charge in [0.15, 0.2) is 5.79 Å². The fourth-order valence-electron chi connectivity index (χ4n) is 1.47. The van der Waals surface area contributed by atoms with Crippen LogP contribution in [0.25, 0.3) is 0 Å². The fourth-order valence-corrected chi connectivity index (χ4v) is 1.47. The molecule has 69 valence electrons. The van der Waals surface area contributed by atoms with E-state index in [4.69, 9.17) is 4.74 Å². The molecule has 1 saturated heterocycles. The topological polar surface area (TPSA) is 29.5 Å². The molecule has 1 aliphatic rings. The third-order valence-corrected chi connectivity index (χ3v) is 2.85. The molecule has 1 heterocycles. The average molecular weight is 169 g/mol. The zero-order valence-corrected chi connectivity index (χ0v) is 8.42. The minimum atomic E-state index is -1.02. The van der Waals surface area contributed by atoms with Crippen molar-refractivity contribution in [2.45, 2.75) is 57.6 Å². The van der Waals surface area contributed by atoms with Gasteiger partial charge < -0.3 is 9.84 Å². The van der Waals surface area contributed by atoms with Gasteiger partial charge in [-0.2, -0.15) is 0 Å². The molecule has 1 aliphatic heterocycles. The van der Waals surface area contributed by atoms with E-state index in [0.717, 1.165) is 12.7 Å². The van der Waals surface area contributed by atoms with E-state index in [-0.39, 0.29) is 11.4 Å². The molecule has 3 heteroatoms. The zero-order valence-electron chi connectivity index (χ0n) is 8.42. The van der Waals surface area contributed by atoms with E-state index in [1.54, 1.807) is 6.92 Å². The van der Waals surface area contributed by atoms with E-state index in [9.17, 15) is 5.11 Å². The van der Waals surface area contributed by atoms with Gasteiger partial charge in [-0.1, -0.05) is 20.2 Å². The number of hydrogen-bond donors (Lipinski definition) is 1. The van der Waals surface area contributed by atoms with Crippen LogP contribution in [-0.2, 0) is 4.74 Å². The van der Waals surface area contributed by atoms with E-state index in [2.05, 4.69) is 7.28 Å². The molecule has 0 bridgehead atoms. The molecule has 2 unspecified atom stereocenters. The van der Waals surface area contributed by atoms with Gasteiger partial charge in [-0.05, 0) is 25.6 Å². The normalized spacial score (nSPS) is 41.6. The third-order valence-electron chi connectivity index (χ3n) is 2.85. The molecular weight excluding hydrogens is 151 g/mol. The SMILES string of the molecule is CC1CC[B]C(C)(C)C(C)(O)O1. The van der Waals surface area contributed by atoms with Crippen molar-refractivity contribution in [3.05, 3.63) is 0 Å². The molecule has 2 atom stereocenters. The highest BCUT2D eigenvalue weighted by Crippen LogP contribution is 2.42. The summed E-state index contributed by atoms with van der Waals surface area (Å²) in [6.45, 7) is 7.76. The summed E-state index contributed by atoms with van der Waals surface area (Å²) < 4.78 is 5.54. The Morgan fingerprint density at radius 2 is 2.00 bits per heavy atom. The Hall–Kier alpha value is -0.0151. The van der Waals surface area contributed by atoms with Gasteiger partial charge >= 0.3 is 0 Å². The molecule has 0 spiro atoms. The van der Waals surface area contributed by atoms with E-state index in [1.807, 2.05) is 20.8 Å². The summed E-state index contributed by atoms with van der Waals surface area (Å²) in [5, 5.41) is 9.75. The maximum atomic E-state index is 10.00. The predicted octanol–water partition coefficient (Wildman–Crippen LogP) is 1.82. The van der Waals surface area contributed by atoms with Gasteiger partial charge in [0.1, 0.15) is 7.28 Å². The second-order valence-electron chi connectivity index (χ2n) is 4.41. The van der Waals surface area contributed by atoms with Crippen molar-refractivity contribution in [2.75, 3.05) is 0 Å². The maximum absolute atomic E-state index is 10.00. The maximum Gasteiger partial charge on any atom is 0.160 e. The molecule has 1 fully saturated rings. The van der Waals surface area contributed by atoms with E-state index in [1.165, 1.54) is 0 Å². The monoisotopic (exact) mass is 169 g/mol. The number of hydrogen-bond acceptors (Lipinski definition) is 2. The molecule has 0 aliphatic carbocycles. The summed E-state index contributed by atoms with van der Waals surface area (Å²) >= 11 is 0. The summed E-state index contributed by atoms with van der Waals surface area (Å²) in [5.41, 5.74) is 0. The van der Waals surface area contributed by atoms with Gasteiger partial charge in [0.05, 0.1) is 6.10 Å². The zero-order chi connectivity index (χ0) is 9.41. The van der Waals surface area contributed by atoms with Gasteiger partial charge in [0.2, 0.25) is 0 Å². The highest BCUT2D eigenvalue weighted by molar-refractivity contribution is 6.40. The molecule has 0 aromatic rings. The van der Waals surface area contributed by atoms with Gasteiger partial charge in [-0.25, -0.2) is 0 Å². The number of ether oxygens (including phenoxy) is 1. The molecular formula is C9H18BO2. The second kappa shape index (κ2) is 3.04. The standard InChI is InChI=1S/C9H18BO2/c1-7-5-6-10-8(2,3)9(4,11)12-7/h7,11H,5-6H2,1-4H3. The van der Waals surface area contributed by atoms with Crippen molar-refractivity contribution in [1.82, 2.24) is 0 Å². The first-order chi connectivity index (χ1) is 5.35. The second-order valence-corrected chi connectivity index (χ2v) is 4.41. The molecule has 12 heavy (non-hydrogen) atoms. The summed E-state index contributed by atoms with van der Waals surface area (Å²) in [4.78, 5) is 0. The lowest BCUT2D eigenvalue weighted by Gasteiger charge is -2.38. The molecule has 0 amide bonds. The van der Waals surface area contributed by atoms with Gasteiger partial charge in [0, 0.05) is 0 Å². The van der Waals surface area contributed by atoms with Gasteiger partial charge in [-0.15, -0.1) is 0 Å². The highest BCUT2D eigenvalue weighted by Gasteiger charge is 2.43. The van der Waals surface area contributed by atoms with Crippen LogP contribution in [0.3, 0.4) is 0 Å². The average Bonchev–Trinajstić information content (AvgIpc) is 1.90. The summed E-state index contributed by atoms with van der Waals surface area (Å²) in [6.07, 6.45) is 2.17. The van der Waals surface area contributed by atoms with Crippen molar-refractivity contribution in [1.29, 1.82) is 0 Å². The van der Waals surface area contributed by atoms with E-state index >= 15 is 0 Å². The van der Waals surface area contributed by atoms with Crippen LogP contribution in [-0.4, -0.2) is 24.3 Å².